The number of imidazole rings is 1. The first-order valence-electron chi connectivity index (χ1n) is 9.25. The van der Waals surface area contributed by atoms with E-state index in [1.807, 2.05) is 37.5 Å². The Morgan fingerprint density at radius 3 is 2.62 bits per heavy atom. The quantitative estimate of drug-likeness (QED) is 0.865. The zero-order valence-electron chi connectivity index (χ0n) is 16.1. The van der Waals surface area contributed by atoms with E-state index < -0.39 is 0 Å². The molecule has 1 aromatic carbocycles. The van der Waals surface area contributed by atoms with Gasteiger partial charge in [-0.25, -0.2) is 4.98 Å². The summed E-state index contributed by atoms with van der Waals surface area (Å²) in [6, 6.07) is 8.09. The predicted octanol–water partition coefficient (Wildman–Crippen LogP) is 2.50. The van der Waals surface area contributed by atoms with Crippen molar-refractivity contribution in [3.63, 3.8) is 0 Å². The smallest absolute Gasteiger partial charge is 0.244 e. The molecule has 2 heterocycles. The number of nitrogens with one attached hydrogen (secondary N) is 1. The summed E-state index contributed by atoms with van der Waals surface area (Å²) in [4.78, 5) is 21.4. The van der Waals surface area contributed by atoms with Gasteiger partial charge in [-0.05, 0) is 51.6 Å². The molecule has 1 aromatic heterocycles. The van der Waals surface area contributed by atoms with Crippen LogP contribution in [0.1, 0.15) is 43.1 Å². The fraction of sp³-hybridized carbons (Fsp3) is 0.500. The van der Waals surface area contributed by atoms with Gasteiger partial charge in [0.15, 0.2) is 0 Å². The molecular formula is C20H29N5O. The van der Waals surface area contributed by atoms with E-state index in [0.717, 1.165) is 24.3 Å². The number of likely N-dealkylation sites (N-methyl/N-ethyl adjacent to an activating group) is 1. The Balaban J connectivity index is 1.74. The van der Waals surface area contributed by atoms with Crippen LogP contribution in [0.4, 0.5) is 5.69 Å². The molecule has 26 heavy (non-hydrogen) atoms. The molecule has 0 spiro atoms. The second-order valence-electron chi connectivity index (χ2n) is 7.31. The molecule has 1 aliphatic rings. The SMILES string of the molecule is C[C@H](NC(=O)[C@H](c1cncn1C)N(C)C)c1cccc(N2CCCC2)c1. The topological polar surface area (TPSA) is 53.4 Å². The molecule has 2 aromatic rings. The van der Waals surface area contributed by atoms with Crippen LogP contribution in [-0.4, -0.2) is 47.5 Å². The lowest BCUT2D eigenvalue weighted by molar-refractivity contribution is -0.126. The first-order chi connectivity index (χ1) is 12.5. The summed E-state index contributed by atoms with van der Waals surface area (Å²) in [7, 11) is 5.74. The predicted molar refractivity (Wildman–Crippen MR) is 104 cm³/mol. The van der Waals surface area contributed by atoms with Gasteiger partial charge in [0.05, 0.1) is 24.3 Å². The van der Waals surface area contributed by atoms with Crippen LogP contribution in [0, 0.1) is 0 Å². The van der Waals surface area contributed by atoms with Crippen molar-refractivity contribution in [2.75, 3.05) is 32.1 Å². The van der Waals surface area contributed by atoms with Gasteiger partial charge in [0, 0.05) is 25.8 Å². The standard InChI is InChI=1S/C20H29N5O/c1-15(16-8-7-9-17(12-16)25-10-5-6-11-25)22-20(26)19(23(2)3)18-13-21-14-24(18)4/h7-9,12-15,19H,5-6,10-11H2,1-4H3,(H,22,26)/t15-,19-/m0/s1. The van der Waals surface area contributed by atoms with Crippen LogP contribution in [0.25, 0.3) is 0 Å². The number of carbonyl (C=O) groups is 1. The third-order valence-electron chi connectivity index (χ3n) is 5.10. The molecule has 1 aliphatic heterocycles. The van der Waals surface area contributed by atoms with E-state index in [-0.39, 0.29) is 18.0 Å². The van der Waals surface area contributed by atoms with Gasteiger partial charge in [-0.3, -0.25) is 9.69 Å². The molecule has 1 N–H and O–H groups in total. The maximum absolute atomic E-state index is 13.0. The van der Waals surface area contributed by atoms with E-state index in [1.54, 1.807) is 12.5 Å². The van der Waals surface area contributed by atoms with Crippen molar-refractivity contribution >= 4 is 11.6 Å². The Kier molecular flexibility index (Phi) is 5.61. The number of aryl methyl sites for hydroxylation is 1. The van der Waals surface area contributed by atoms with E-state index in [2.05, 4.69) is 39.5 Å². The summed E-state index contributed by atoms with van der Waals surface area (Å²) in [5, 5.41) is 3.17. The maximum atomic E-state index is 13.0. The Morgan fingerprint density at radius 2 is 2.00 bits per heavy atom. The fourth-order valence-corrected chi connectivity index (χ4v) is 3.61. The Bertz CT molecular complexity index is 748. The minimum atomic E-state index is -0.369. The van der Waals surface area contributed by atoms with Crippen molar-refractivity contribution in [3.8, 4) is 0 Å². The van der Waals surface area contributed by atoms with Gasteiger partial charge in [-0.15, -0.1) is 0 Å². The highest BCUT2D eigenvalue weighted by Gasteiger charge is 2.27. The third-order valence-corrected chi connectivity index (χ3v) is 5.10. The van der Waals surface area contributed by atoms with E-state index >= 15 is 0 Å². The zero-order chi connectivity index (χ0) is 18.7. The van der Waals surface area contributed by atoms with Gasteiger partial charge in [0.25, 0.3) is 0 Å². The largest absolute Gasteiger partial charge is 0.372 e. The molecule has 1 fully saturated rings. The van der Waals surface area contributed by atoms with Gasteiger partial charge in [-0.1, -0.05) is 12.1 Å². The molecule has 0 saturated carbocycles. The summed E-state index contributed by atoms with van der Waals surface area (Å²) in [6.45, 7) is 4.28. The molecule has 3 rings (SSSR count). The summed E-state index contributed by atoms with van der Waals surface area (Å²) in [6.07, 6.45) is 5.99. The minimum Gasteiger partial charge on any atom is -0.372 e. The van der Waals surface area contributed by atoms with Crippen molar-refractivity contribution in [2.45, 2.75) is 31.8 Å². The van der Waals surface area contributed by atoms with Gasteiger partial charge in [-0.2, -0.15) is 0 Å². The molecule has 140 valence electrons. The Labute approximate surface area is 155 Å². The van der Waals surface area contributed by atoms with E-state index in [1.165, 1.54) is 18.5 Å². The van der Waals surface area contributed by atoms with Crippen LogP contribution in [0.3, 0.4) is 0 Å². The third kappa shape index (κ3) is 3.90. The highest BCUT2D eigenvalue weighted by Crippen LogP contribution is 2.25. The average Bonchev–Trinajstić information content (AvgIpc) is 3.27. The van der Waals surface area contributed by atoms with E-state index in [0.29, 0.717) is 0 Å². The molecule has 6 heteroatoms. The lowest BCUT2D eigenvalue weighted by Gasteiger charge is -2.26. The number of amides is 1. The number of rotatable bonds is 6. The number of hydrogen-bond donors (Lipinski definition) is 1. The summed E-state index contributed by atoms with van der Waals surface area (Å²) in [5.41, 5.74) is 3.26. The van der Waals surface area contributed by atoms with Crippen LogP contribution >= 0.6 is 0 Å². The van der Waals surface area contributed by atoms with E-state index in [9.17, 15) is 4.79 Å². The molecule has 6 nitrogen and oxygen atoms in total. The second-order valence-corrected chi connectivity index (χ2v) is 7.31. The number of hydrogen-bond acceptors (Lipinski definition) is 4. The first-order valence-corrected chi connectivity index (χ1v) is 9.25. The number of aromatic nitrogens is 2. The highest BCUT2D eigenvalue weighted by molar-refractivity contribution is 5.83. The lowest BCUT2D eigenvalue weighted by Crippen LogP contribution is -2.39. The molecular weight excluding hydrogens is 326 g/mol. The van der Waals surface area contributed by atoms with Crippen LogP contribution in [-0.2, 0) is 11.8 Å². The van der Waals surface area contributed by atoms with Crippen molar-refractivity contribution in [1.29, 1.82) is 0 Å². The number of benzene rings is 1. The summed E-state index contributed by atoms with van der Waals surface area (Å²) >= 11 is 0. The number of nitrogens with zero attached hydrogens (tertiary/aromatic N) is 4. The average molecular weight is 355 g/mol. The van der Waals surface area contributed by atoms with Gasteiger partial charge >= 0.3 is 0 Å². The molecule has 1 saturated heterocycles. The molecule has 0 unspecified atom stereocenters. The lowest BCUT2D eigenvalue weighted by atomic mass is 10.1. The van der Waals surface area contributed by atoms with Crippen molar-refractivity contribution < 1.29 is 4.79 Å². The monoisotopic (exact) mass is 355 g/mol. The normalized spacial score (nSPS) is 16.7. The molecule has 0 aliphatic carbocycles. The van der Waals surface area contributed by atoms with Crippen LogP contribution in [0.2, 0.25) is 0 Å². The Hall–Kier alpha value is -2.34. The molecule has 1 amide bonds. The Morgan fingerprint density at radius 1 is 1.27 bits per heavy atom. The molecule has 2 atom stereocenters. The van der Waals surface area contributed by atoms with E-state index in [4.69, 9.17) is 0 Å². The maximum Gasteiger partial charge on any atom is 0.244 e. The van der Waals surface area contributed by atoms with Crippen molar-refractivity contribution in [2.24, 2.45) is 7.05 Å². The van der Waals surface area contributed by atoms with Crippen molar-refractivity contribution in [1.82, 2.24) is 19.8 Å². The fourth-order valence-electron chi connectivity index (χ4n) is 3.61. The highest BCUT2D eigenvalue weighted by atomic mass is 16.2. The van der Waals surface area contributed by atoms with Gasteiger partial charge in [0.2, 0.25) is 5.91 Å². The van der Waals surface area contributed by atoms with Gasteiger partial charge < -0.3 is 14.8 Å². The van der Waals surface area contributed by atoms with Crippen LogP contribution in [0.15, 0.2) is 36.8 Å². The van der Waals surface area contributed by atoms with Crippen molar-refractivity contribution in [3.05, 3.63) is 48.0 Å². The van der Waals surface area contributed by atoms with Crippen LogP contribution < -0.4 is 10.2 Å². The van der Waals surface area contributed by atoms with Gasteiger partial charge in [0.1, 0.15) is 6.04 Å². The zero-order valence-corrected chi connectivity index (χ0v) is 16.1. The second kappa shape index (κ2) is 7.91. The number of carbonyl (C=O) groups excluding carboxylic acids is 1. The first kappa shape index (κ1) is 18.5. The summed E-state index contributed by atoms with van der Waals surface area (Å²) in [5.74, 6) is -0.0160. The van der Waals surface area contributed by atoms with Crippen LogP contribution in [0.5, 0.6) is 0 Å². The molecule has 0 radical (unpaired) electrons. The molecule has 0 bridgehead atoms. The minimum absolute atomic E-state index is 0.0160. The number of anilines is 1. The summed E-state index contributed by atoms with van der Waals surface area (Å²) < 4.78 is 1.89.